The van der Waals surface area contributed by atoms with Crippen LogP contribution < -0.4 is 4.74 Å². The zero-order valence-electron chi connectivity index (χ0n) is 21.8. The van der Waals surface area contributed by atoms with Gasteiger partial charge in [0.1, 0.15) is 5.69 Å². The first kappa shape index (κ1) is 28.1. The first-order valence-electron chi connectivity index (χ1n) is 12.5. The Kier molecular flexibility index (Phi) is 8.54. The summed E-state index contributed by atoms with van der Waals surface area (Å²) in [6.45, 7) is 7.43. The van der Waals surface area contributed by atoms with Crippen LogP contribution in [-0.4, -0.2) is 19.9 Å². The van der Waals surface area contributed by atoms with E-state index in [2.05, 4.69) is 33.0 Å². The van der Waals surface area contributed by atoms with Gasteiger partial charge in [0.2, 0.25) is 11.8 Å². The van der Waals surface area contributed by atoms with Crippen molar-refractivity contribution in [1.82, 2.24) is 19.9 Å². The minimum atomic E-state index is 0. The fraction of sp³-hybridized carbons (Fsp3) is 0. The Morgan fingerprint density at radius 2 is 1.21 bits per heavy atom. The van der Waals surface area contributed by atoms with Crippen molar-refractivity contribution >= 4 is 5.69 Å². The molecule has 0 amide bonds. The molecule has 0 radical (unpaired) electrons. The van der Waals surface area contributed by atoms with Gasteiger partial charge in [-0.05, 0) is 75.6 Å². The molecule has 4 heterocycles. The quantitative estimate of drug-likeness (QED) is 0.164. The van der Waals surface area contributed by atoms with E-state index in [1.165, 1.54) is 0 Å². The molecule has 8 heteroatoms. The van der Waals surface area contributed by atoms with Crippen molar-refractivity contribution in [2.24, 2.45) is 0 Å². The summed E-state index contributed by atoms with van der Waals surface area (Å²) in [5.74, 6) is 0.645. The van der Waals surface area contributed by atoms with Gasteiger partial charge in [-0.3, -0.25) is 24.8 Å². The summed E-state index contributed by atoms with van der Waals surface area (Å²) in [6, 6.07) is 33.9. The van der Waals surface area contributed by atoms with Gasteiger partial charge in [-0.1, -0.05) is 12.1 Å². The summed E-state index contributed by atoms with van der Waals surface area (Å²) in [5.41, 5.74) is 7.08. The Hall–Kier alpha value is -5.49. The molecule has 6 aromatic rings. The molecule has 4 aromatic heterocycles. The van der Waals surface area contributed by atoms with E-state index in [-0.39, 0.29) is 21.1 Å². The van der Waals surface area contributed by atoms with Crippen LogP contribution in [0.1, 0.15) is 5.56 Å². The third-order valence-electron chi connectivity index (χ3n) is 6.29. The van der Waals surface area contributed by atoms with Crippen molar-refractivity contribution in [3.63, 3.8) is 0 Å². The van der Waals surface area contributed by atoms with Gasteiger partial charge in [0.25, 0.3) is 0 Å². The monoisotopic (exact) mass is 721 g/mol. The standard InChI is InChI=1S/C34H18N6O.Pt/c1-36-28-7-3-6-27(21-28)34-30(25-14-18-38-19-15-25)9-11-32(40-34)41-31-10-8-29(24-12-16-37-17-13-24)33(39-31)26-5-2-4-23(20-26)22-35;/h2-4,7-21H;/q-2;+2. The van der Waals surface area contributed by atoms with E-state index in [0.29, 0.717) is 45.5 Å². The topological polar surface area (TPSA) is 88.9 Å². The van der Waals surface area contributed by atoms with Crippen LogP contribution in [0.3, 0.4) is 0 Å². The van der Waals surface area contributed by atoms with Crippen LogP contribution >= 0.6 is 0 Å². The van der Waals surface area contributed by atoms with Crippen LogP contribution in [-0.2, 0) is 21.1 Å². The van der Waals surface area contributed by atoms with Gasteiger partial charge in [-0.2, -0.15) is 11.3 Å². The van der Waals surface area contributed by atoms with Crippen molar-refractivity contribution < 1.29 is 25.8 Å². The van der Waals surface area contributed by atoms with Gasteiger partial charge in [0.15, 0.2) is 0 Å². The van der Waals surface area contributed by atoms with Crippen LogP contribution in [0.2, 0.25) is 0 Å². The smallest absolute Gasteiger partial charge is 0.422 e. The van der Waals surface area contributed by atoms with Crippen LogP contribution in [0.4, 0.5) is 5.69 Å². The summed E-state index contributed by atoms with van der Waals surface area (Å²) in [4.78, 5) is 21.4. The summed E-state index contributed by atoms with van der Waals surface area (Å²) in [7, 11) is 0. The number of nitrogens with zero attached hydrogens (tertiary/aromatic N) is 6. The third kappa shape index (κ3) is 5.98. The number of hydrogen-bond acceptors (Lipinski definition) is 6. The molecule has 0 aliphatic heterocycles. The molecule has 0 saturated heterocycles. The van der Waals surface area contributed by atoms with Crippen LogP contribution in [0, 0.1) is 30.0 Å². The Bertz CT molecular complexity index is 1810. The van der Waals surface area contributed by atoms with Crippen molar-refractivity contribution in [3.05, 3.63) is 139 Å². The summed E-state index contributed by atoms with van der Waals surface area (Å²) < 4.78 is 6.20. The fourth-order valence-electron chi connectivity index (χ4n) is 4.38. The molecule has 0 saturated carbocycles. The second-order valence-corrected chi connectivity index (χ2v) is 8.84. The molecular formula is C34H18N6OPt. The summed E-state index contributed by atoms with van der Waals surface area (Å²) in [6.07, 6.45) is 6.87. The SMILES string of the molecule is [C-]#[N+]c1cc[c-]c(-c2nc(Oc3ccc(-c4ccncc4)c(-c4[c-]ccc(C#N)c4)n3)ccc2-c2ccncc2)c1.[Pt+2]. The second-order valence-electron chi connectivity index (χ2n) is 8.84. The van der Waals surface area contributed by atoms with Crippen LogP contribution in [0.25, 0.3) is 49.6 Å². The van der Waals surface area contributed by atoms with E-state index < -0.39 is 0 Å². The molecule has 0 N–H and O–H groups in total. The van der Waals surface area contributed by atoms with Crippen molar-refractivity contribution in [3.8, 4) is 62.6 Å². The zero-order valence-corrected chi connectivity index (χ0v) is 24.1. The molecule has 0 aliphatic rings. The Morgan fingerprint density at radius 1 is 0.690 bits per heavy atom. The molecule has 0 bridgehead atoms. The van der Waals surface area contributed by atoms with E-state index >= 15 is 0 Å². The van der Waals surface area contributed by atoms with Crippen molar-refractivity contribution in [1.29, 1.82) is 5.26 Å². The van der Waals surface area contributed by atoms with Crippen LogP contribution in [0.15, 0.2) is 110 Å². The predicted octanol–water partition coefficient (Wildman–Crippen LogP) is 7.75. The van der Waals surface area contributed by atoms with Crippen molar-refractivity contribution in [2.45, 2.75) is 0 Å². The molecule has 200 valence electrons. The molecule has 0 unspecified atom stereocenters. The van der Waals surface area contributed by atoms with Gasteiger partial charge >= 0.3 is 21.1 Å². The maximum absolute atomic E-state index is 9.45. The van der Waals surface area contributed by atoms with Crippen LogP contribution in [0.5, 0.6) is 11.8 Å². The molecule has 2 aromatic carbocycles. The maximum Gasteiger partial charge on any atom is 2.00 e. The molecule has 0 spiro atoms. The van der Waals surface area contributed by atoms with E-state index in [1.54, 1.807) is 73.3 Å². The Balaban J connectivity index is 0.00000353. The van der Waals surface area contributed by atoms with Gasteiger partial charge in [-0.25, -0.2) is 0 Å². The Labute approximate surface area is 257 Å². The molecule has 0 aliphatic carbocycles. The number of nitriles is 1. The molecular weight excluding hydrogens is 703 g/mol. The zero-order chi connectivity index (χ0) is 28.0. The average molecular weight is 722 g/mol. The van der Waals surface area contributed by atoms with E-state index in [9.17, 15) is 5.26 Å². The van der Waals surface area contributed by atoms with Gasteiger partial charge in [0, 0.05) is 24.8 Å². The second kappa shape index (κ2) is 12.8. The number of hydrogen-bond donors (Lipinski definition) is 0. The summed E-state index contributed by atoms with van der Waals surface area (Å²) in [5, 5.41) is 9.45. The van der Waals surface area contributed by atoms with Gasteiger partial charge in [0.05, 0.1) is 12.6 Å². The number of benzene rings is 2. The molecule has 0 atom stereocenters. The first-order valence-corrected chi connectivity index (χ1v) is 12.5. The minimum Gasteiger partial charge on any atom is -0.422 e. The minimum absolute atomic E-state index is 0. The van der Waals surface area contributed by atoms with E-state index in [4.69, 9.17) is 21.3 Å². The fourth-order valence-corrected chi connectivity index (χ4v) is 4.38. The number of pyridine rings is 4. The largest absolute Gasteiger partial charge is 2.00 e. The molecule has 7 nitrogen and oxygen atoms in total. The van der Waals surface area contributed by atoms with Crippen molar-refractivity contribution in [2.75, 3.05) is 0 Å². The van der Waals surface area contributed by atoms with Gasteiger partial charge < -0.3 is 4.74 Å². The van der Waals surface area contributed by atoms with Gasteiger partial charge in [-0.15, -0.1) is 53.6 Å². The molecule has 0 fully saturated rings. The van der Waals surface area contributed by atoms with E-state index in [0.717, 1.165) is 22.3 Å². The Morgan fingerprint density at radius 3 is 1.74 bits per heavy atom. The predicted molar refractivity (Wildman–Crippen MR) is 155 cm³/mol. The number of aromatic nitrogens is 4. The average Bonchev–Trinajstić information content (AvgIpc) is 3.05. The maximum atomic E-state index is 9.45. The molecule has 42 heavy (non-hydrogen) atoms. The normalized spacial score (nSPS) is 10.1. The third-order valence-corrected chi connectivity index (χ3v) is 6.29. The first-order chi connectivity index (χ1) is 20.2. The van der Waals surface area contributed by atoms with E-state index in [1.807, 2.05) is 36.4 Å². The number of rotatable bonds is 6. The number of ether oxygens (including phenoxy) is 1. The molecule has 6 rings (SSSR count). The summed E-state index contributed by atoms with van der Waals surface area (Å²) >= 11 is 0.